The number of piperidine rings is 1. The first kappa shape index (κ1) is 19.9. The van der Waals surface area contributed by atoms with Crippen molar-refractivity contribution in [3.8, 4) is 0 Å². The molecule has 0 aromatic carbocycles. The van der Waals surface area contributed by atoms with Crippen molar-refractivity contribution in [2.45, 2.75) is 40.2 Å². The fourth-order valence-corrected chi connectivity index (χ4v) is 3.96. The number of likely N-dealkylation sites (tertiary alicyclic amines) is 1. The van der Waals surface area contributed by atoms with E-state index in [0.717, 1.165) is 70.1 Å². The van der Waals surface area contributed by atoms with E-state index in [1.54, 1.807) is 0 Å². The number of aliphatic imine (C=N–C) groups is 1. The largest absolute Gasteiger partial charge is 0.357 e. The van der Waals surface area contributed by atoms with Crippen molar-refractivity contribution in [2.24, 2.45) is 10.9 Å². The van der Waals surface area contributed by atoms with Crippen molar-refractivity contribution < 1.29 is 0 Å². The number of piperazine rings is 1. The first-order valence-corrected chi connectivity index (χ1v) is 10.6. The Kier molecular flexibility index (Phi) is 7.33. The number of likely N-dealkylation sites (N-methyl/N-ethyl adjacent to an activating group) is 1. The molecule has 1 aromatic rings. The highest BCUT2D eigenvalue weighted by Gasteiger charge is 2.19. The van der Waals surface area contributed by atoms with Gasteiger partial charge in [0.15, 0.2) is 5.96 Å². The summed E-state index contributed by atoms with van der Waals surface area (Å²) in [5.74, 6) is 2.88. The van der Waals surface area contributed by atoms with Gasteiger partial charge in [0.25, 0.3) is 0 Å². The van der Waals surface area contributed by atoms with Crippen LogP contribution in [0.5, 0.6) is 0 Å². The molecule has 1 unspecified atom stereocenters. The van der Waals surface area contributed by atoms with Crippen molar-refractivity contribution in [3.05, 3.63) is 23.9 Å². The van der Waals surface area contributed by atoms with Gasteiger partial charge in [-0.25, -0.2) is 9.98 Å². The van der Waals surface area contributed by atoms with Gasteiger partial charge in [-0.1, -0.05) is 19.9 Å². The monoisotopic (exact) mass is 372 g/mol. The summed E-state index contributed by atoms with van der Waals surface area (Å²) in [6, 6.07) is 4.34. The minimum absolute atomic E-state index is 0.685. The molecule has 0 spiro atoms. The summed E-state index contributed by atoms with van der Waals surface area (Å²) in [6.45, 7) is 16.0. The standard InChI is InChI=1S/C21H36N6/c1-4-22-21(27-10-6-7-18(3)17-27)24-16-19-8-9-20(23-15-19)26-13-11-25(5-2)12-14-26/h8-9,15,18H,4-7,10-14,16-17H2,1-3H3,(H,22,24). The molecule has 6 heteroatoms. The Morgan fingerprint density at radius 2 is 2.00 bits per heavy atom. The van der Waals surface area contributed by atoms with Gasteiger partial charge >= 0.3 is 0 Å². The zero-order chi connectivity index (χ0) is 19.1. The molecule has 0 bridgehead atoms. The number of aromatic nitrogens is 1. The number of nitrogens with zero attached hydrogens (tertiary/aromatic N) is 5. The molecule has 2 aliphatic rings. The molecule has 150 valence electrons. The van der Waals surface area contributed by atoms with Crippen LogP contribution in [0, 0.1) is 5.92 Å². The lowest BCUT2D eigenvalue weighted by molar-refractivity contribution is 0.266. The third-order valence-electron chi connectivity index (χ3n) is 5.66. The molecule has 0 aliphatic carbocycles. The highest BCUT2D eigenvalue weighted by molar-refractivity contribution is 5.80. The Hall–Kier alpha value is -1.82. The molecule has 1 N–H and O–H groups in total. The molecule has 27 heavy (non-hydrogen) atoms. The summed E-state index contributed by atoms with van der Waals surface area (Å²) in [4.78, 5) is 16.9. The van der Waals surface area contributed by atoms with Crippen molar-refractivity contribution in [1.82, 2.24) is 20.1 Å². The highest BCUT2D eigenvalue weighted by atomic mass is 15.3. The summed E-state index contributed by atoms with van der Waals surface area (Å²) >= 11 is 0. The second-order valence-corrected chi connectivity index (χ2v) is 7.81. The van der Waals surface area contributed by atoms with Gasteiger partial charge in [-0.15, -0.1) is 0 Å². The van der Waals surface area contributed by atoms with Crippen molar-refractivity contribution in [2.75, 3.05) is 57.3 Å². The average Bonchev–Trinajstić information content (AvgIpc) is 2.71. The maximum absolute atomic E-state index is 4.88. The first-order valence-electron chi connectivity index (χ1n) is 10.6. The van der Waals surface area contributed by atoms with E-state index in [-0.39, 0.29) is 0 Å². The quantitative estimate of drug-likeness (QED) is 0.635. The maximum atomic E-state index is 4.88. The molecule has 0 amide bonds. The molecule has 0 radical (unpaired) electrons. The number of guanidine groups is 1. The lowest BCUT2D eigenvalue weighted by Crippen LogP contribution is -2.46. The van der Waals surface area contributed by atoms with Crippen LogP contribution in [0.3, 0.4) is 0 Å². The summed E-state index contributed by atoms with van der Waals surface area (Å²) in [5, 5.41) is 3.46. The molecule has 2 saturated heterocycles. The normalized spacial score (nSPS) is 22.2. The Balaban J connectivity index is 1.58. The van der Waals surface area contributed by atoms with Crippen LogP contribution in [0.15, 0.2) is 23.3 Å². The molecule has 3 rings (SSSR count). The molecule has 6 nitrogen and oxygen atoms in total. The van der Waals surface area contributed by atoms with Gasteiger partial charge < -0.3 is 20.0 Å². The summed E-state index contributed by atoms with van der Waals surface area (Å²) in [6.07, 6.45) is 4.58. The van der Waals surface area contributed by atoms with Gasteiger partial charge in [0, 0.05) is 52.0 Å². The van der Waals surface area contributed by atoms with Crippen LogP contribution in [-0.4, -0.2) is 73.1 Å². The molecule has 2 aliphatic heterocycles. The summed E-state index contributed by atoms with van der Waals surface area (Å²) in [5.41, 5.74) is 1.17. The predicted molar refractivity (Wildman–Crippen MR) is 113 cm³/mol. The van der Waals surface area contributed by atoms with E-state index in [1.165, 1.54) is 18.4 Å². The van der Waals surface area contributed by atoms with Gasteiger partial charge in [-0.3, -0.25) is 0 Å². The van der Waals surface area contributed by atoms with Crippen molar-refractivity contribution in [1.29, 1.82) is 0 Å². The van der Waals surface area contributed by atoms with Crippen LogP contribution < -0.4 is 10.2 Å². The molecule has 0 saturated carbocycles. The molecule has 3 heterocycles. The molecular weight excluding hydrogens is 336 g/mol. The van der Waals surface area contributed by atoms with Crippen molar-refractivity contribution >= 4 is 11.8 Å². The van der Waals surface area contributed by atoms with Crippen LogP contribution >= 0.6 is 0 Å². The zero-order valence-corrected chi connectivity index (χ0v) is 17.3. The minimum atomic E-state index is 0.685. The predicted octanol–water partition coefficient (Wildman–Crippen LogP) is 2.42. The van der Waals surface area contributed by atoms with Gasteiger partial charge in [0.05, 0.1) is 6.54 Å². The molecular formula is C21H36N6. The lowest BCUT2D eigenvalue weighted by atomic mass is 10.0. The van der Waals surface area contributed by atoms with Gasteiger partial charge in [-0.05, 0) is 43.9 Å². The number of anilines is 1. The van der Waals surface area contributed by atoms with Gasteiger partial charge in [0.2, 0.25) is 0 Å². The van der Waals surface area contributed by atoms with Crippen LogP contribution in [0.25, 0.3) is 0 Å². The minimum Gasteiger partial charge on any atom is -0.357 e. The average molecular weight is 373 g/mol. The number of hydrogen-bond acceptors (Lipinski definition) is 4. The first-order chi connectivity index (χ1) is 13.2. The Labute approximate surface area is 164 Å². The topological polar surface area (TPSA) is 47.0 Å². The van der Waals surface area contributed by atoms with E-state index in [9.17, 15) is 0 Å². The van der Waals surface area contributed by atoms with Crippen molar-refractivity contribution in [3.63, 3.8) is 0 Å². The molecule has 1 atom stereocenters. The third kappa shape index (κ3) is 5.58. The lowest BCUT2D eigenvalue weighted by Gasteiger charge is -2.34. The van der Waals surface area contributed by atoms with E-state index in [2.05, 4.69) is 52.9 Å². The maximum Gasteiger partial charge on any atom is 0.194 e. The van der Waals surface area contributed by atoms with Crippen LogP contribution in [0.1, 0.15) is 39.2 Å². The van der Waals surface area contributed by atoms with E-state index in [0.29, 0.717) is 6.54 Å². The Morgan fingerprint density at radius 3 is 2.63 bits per heavy atom. The highest BCUT2D eigenvalue weighted by Crippen LogP contribution is 2.17. The van der Waals surface area contributed by atoms with Crippen LogP contribution in [0.4, 0.5) is 5.82 Å². The second kappa shape index (κ2) is 9.93. The van der Waals surface area contributed by atoms with Crippen LogP contribution in [-0.2, 0) is 6.54 Å². The van der Waals surface area contributed by atoms with E-state index >= 15 is 0 Å². The Bertz CT molecular complexity index is 591. The summed E-state index contributed by atoms with van der Waals surface area (Å²) < 4.78 is 0. The summed E-state index contributed by atoms with van der Waals surface area (Å²) in [7, 11) is 0. The molecule has 1 aromatic heterocycles. The Morgan fingerprint density at radius 1 is 1.19 bits per heavy atom. The van der Waals surface area contributed by atoms with E-state index in [4.69, 9.17) is 9.98 Å². The third-order valence-corrected chi connectivity index (χ3v) is 5.66. The second-order valence-electron chi connectivity index (χ2n) is 7.81. The SMILES string of the molecule is CCNC(=NCc1ccc(N2CCN(CC)CC2)nc1)N1CCCC(C)C1. The number of rotatable bonds is 5. The van der Waals surface area contributed by atoms with E-state index in [1.807, 2.05) is 6.20 Å². The number of nitrogens with one attached hydrogen (secondary N) is 1. The molecule has 2 fully saturated rings. The fraction of sp³-hybridized carbons (Fsp3) is 0.714. The number of hydrogen-bond donors (Lipinski definition) is 1. The fourth-order valence-electron chi connectivity index (χ4n) is 3.96. The smallest absolute Gasteiger partial charge is 0.194 e. The van der Waals surface area contributed by atoms with E-state index < -0.39 is 0 Å². The van der Waals surface area contributed by atoms with Gasteiger partial charge in [0.1, 0.15) is 5.82 Å². The van der Waals surface area contributed by atoms with Crippen LogP contribution in [0.2, 0.25) is 0 Å². The zero-order valence-electron chi connectivity index (χ0n) is 17.3. The number of pyridine rings is 1. The van der Waals surface area contributed by atoms with Gasteiger partial charge in [-0.2, -0.15) is 0 Å².